The number of amides is 1. The number of aliphatic imine (C=N–C) groups is 1. The first-order valence-electron chi connectivity index (χ1n) is 8.93. The number of aromatic nitrogens is 1. The summed E-state index contributed by atoms with van der Waals surface area (Å²) in [5.41, 5.74) is 1.62. The highest BCUT2D eigenvalue weighted by molar-refractivity contribution is 6.41. The Bertz CT molecular complexity index is 836. The largest absolute Gasteiger partial charge is 0.492 e. The highest BCUT2D eigenvalue weighted by Crippen LogP contribution is 2.25. The van der Waals surface area contributed by atoms with Crippen LogP contribution in [0.5, 0.6) is 5.75 Å². The maximum Gasteiger partial charge on any atom is 0.221 e. The van der Waals surface area contributed by atoms with E-state index in [1.807, 2.05) is 42.8 Å². The van der Waals surface area contributed by atoms with Gasteiger partial charge in [0.2, 0.25) is 5.91 Å². The Morgan fingerprint density at radius 1 is 1.25 bits per heavy atom. The van der Waals surface area contributed by atoms with Gasteiger partial charge in [0.25, 0.3) is 0 Å². The number of guanidine groups is 1. The van der Waals surface area contributed by atoms with Gasteiger partial charge in [-0.1, -0.05) is 29.3 Å². The lowest BCUT2D eigenvalue weighted by Gasteiger charge is -2.13. The predicted octanol–water partition coefficient (Wildman–Crippen LogP) is 3.42. The molecule has 1 heterocycles. The first-order valence-corrected chi connectivity index (χ1v) is 9.68. The van der Waals surface area contributed by atoms with Gasteiger partial charge in [-0.05, 0) is 25.1 Å². The minimum atomic E-state index is -0.119. The minimum absolute atomic E-state index is 0.119. The van der Waals surface area contributed by atoms with Crippen molar-refractivity contribution in [1.82, 2.24) is 15.2 Å². The third-order valence-electron chi connectivity index (χ3n) is 3.78. The Labute approximate surface area is 175 Å². The molecule has 0 aliphatic rings. The van der Waals surface area contributed by atoms with E-state index in [0.717, 1.165) is 12.2 Å². The van der Waals surface area contributed by atoms with E-state index in [0.29, 0.717) is 47.3 Å². The third kappa shape index (κ3) is 6.65. The number of anilines is 1. The van der Waals surface area contributed by atoms with E-state index in [9.17, 15) is 4.79 Å². The molecule has 1 amide bonds. The van der Waals surface area contributed by atoms with Crippen LogP contribution in [-0.4, -0.2) is 36.1 Å². The maximum atomic E-state index is 11.1. The second-order valence-corrected chi connectivity index (χ2v) is 6.78. The number of hydrogen-bond donors (Lipinski definition) is 3. The Morgan fingerprint density at radius 3 is 2.68 bits per heavy atom. The quantitative estimate of drug-likeness (QED) is 0.343. The summed E-state index contributed by atoms with van der Waals surface area (Å²) in [6.07, 6.45) is 0. The zero-order chi connectivity index (χ0) is 20.5. The molecule has 152 valence electrons. The molecule has 1 aromatic heterocycles. The lowest BCUT2D eigenvalue weighted by atomic mass is 10.3. The zero-order valence-electron chi connectivity index (χ0n) is 16.2. The first kappa shape index (κ1) is 21.9. The van der Waals surface area contributed by atoms with Crippen LogP contribution in [0.2, 0.25) is 10.2 Å². The van der Waals surface area contributed by atoms with Crippen molar-refractivity contribution in [3.63, 3.8) is 0 Å². The maximum absolute atomic E-state index is 11.1. The van der Waals surface area contributed by atoms with Crippen LogP contribution in [0.25, 0.3) is 0 Å². The molecule has 0 saturated heterocycles. The van der Waals surface area contributed by atoms with Crippen LogP contribution in [0.3, 0.4) is 0 Å². The standard InChI is InChI=1S/C19H25Cl2N5O2/c1-4-22-19(24-12-15-11-17(20)18(21)26(15)3)23-8-9-28-16-7-5-6-14(10-16)25-13(2)27/h5-7,10-11H,4,8-9,12H2,1-3H3,(H,25,27)(H2,22,23,24). The molecule has 9 heteroatoms. The smallest absolute Gasteiger partial charge is 0.221 e. The van der Waals surface area contributed by atoms with Crippen molar-refractivity contribution in [3.8, 4) is 5.75 Å². The van der Waals surface area contributed by atoms with Crippen molar-refractivity contribution in [1.29, 1.82) is 0 Å². The molecule has 0 fully saturated rings. The molecule has 0 spiro atoms. The normalized spacial score (nSPS) is 11.2. The first-order chi connectivity index (χ1) is 13.4. The van der Waals surface area contributed by atoms with E-state index < -0.39 is 0 Å². The Balaban J connectivity index is 1.86. The molecule has 2 aromatic rings. The van der Waals surface area contributed by atoms with Crippen LogP contribution < -0.4 is 20.7 Å². The number of nitrogens with zero attached hydrogens (tertiary/aromatic N) is 2. The van der Waals surface area contributed by atoms with Crippen molar-refractivity contribution in [2.75, 3.05) is 25.0 Å². The van der Waals surface area contributed by atoms with Gasteiger partial charge < -0.3 is 25.3 Å². The fourth-order valence-electron chi connectivity index (χ4n) is 2.45. The summed E-state index contributed by atoms with van der Waals surface area (Å²) >= 11 is 12.1. The Kier molecular flexibility index (Phi) is 8.47. The van der Waals surface area contributed by atoms with Crippen LogP contribution in [0.4, 0.5) is 5.69 Å². The molecule has 28 heavy (non-hydrogen) atoms. The SMILES string of the molecule is CCNC(=NCc1cc(Cl)c(Cl)n1C)NCCOc1cccc(NC(C)=O)c1. The van der Waals surface area contributed by atoms with Crippen LogP contribution in [0.15, 0.2) is 35.3 Å². The Hall–Kier alpha value is -2.38. The number of benzene rings is 1. The van der Waals surface area contributed by atoms with Crippen LogP contribution in [-0.2, 0) is 18.4 Å². The van der Waals surface area contributed by atoms with Gasteiger partial charge in [0.1, 0.15) is 17.5 Å². The second-order valence-electron chi connectivity index (χ2n) is 6.01. The van der Waals surface area contributed by atoms with Crippen molar-refractivity contribution in [2.24, 2.45) is 12.0 Å². The summed E-state index contributed by atoms with van der Waals surface area (Å²) in [5, 5.41) is 10.1. The summed E-state index contributed by atoms with van der Waals surface area (Å²) in [4.78, 5) is 15.7. The zero-order valence-corrected chi connectivity index (χ0v) is 17.7. The summed E-state index contributed by atoms with van der Waals surface area (Å²) < 4.78 is 7.53. The molecule has 0 aliphatic heterocycles. The number of nitrogens with one attached hydrogen (secondary N) is 3. The van der Waals surface area contributed by atoms with Crippen LogP contribution in [0, 0.1) is 0 Å². The molecular weight excluding hydrogens is 401 g/mol. The van der Waals surface area contributed by atoms with Gasteiger partial charge in [-0.3, -0.25) is 4.79 Å². The number of hydrogen-bond acceptors (Lipinski definition) is 3. The number of ether oxygens (including phenoxy) is 1. The van der Waals surface area contributed by atoms with Crippen molar-refractivity contribution < 1.29 is 9.53 Å². The fourth-order valence-corrected chi connectivity index (χ4v) is 2.86. The van der Waals surface area contributed by atoms with Crippen molar-refractivity contribution >= 4 is 40.8 Å². The van der Waals surface area contributed by atoms with Crippen LogP contribution >= 0.6 is 23.2 Å². The van der Waals surface area contributed by atoms with Gasteiger partial charge in [0.05, 0.1) is 18.1 Å². The van der Waals surface area contributed by atoms with Crippen molar-refractivity contribution in [3.05, 3.63) is 46.2 Å². The monoisotopic (exact) mass is 425 g/mol. The topological polar surface area (TPSA) is 79.7 Å². The second kappa shape index (κ2) is 10.8. The molecule has 0 unspecified atom stereocenters. The lowest BCUT2D eigenvalue weighted by molar-refractivity contribution is -0.114. The number of carbonyl (C=O) groups is 1. The molecule has 0 saturated carbocycles. The van der Waals surface area contributed by atoms with E-state index in [1.54, 1.807) is 6.07 Å². The van der Waals surface area contributed by atoms with E-state index >= 15 is 0 Å². The summed E-state index contributed by atoms with van der Waals surface area (Å²) in [5.74, 6) is 1.24. The fraction of sp³-hybridized carbons (Fsp3) is 0.368. The molecule has 0 radical (unpaired) electrons. The molecule has 0 aliphatic carbocycles. The minimum Gasteiger partial charge on any atom is -0.492 e. The van der Waals surface area contributed by atoms with Gasteiger partial charge in [0, 0.05) is 38.0 Å². The third-order valence-corrected chi connectivity index (χ3v) is 4.62. The van der Waals surface area contributed by atoms with Gasteiger partial charge in [0.15, 0.2) is 5.96 Å². The van der Waals surface area contributed by atoms with Gasteiger partial charge in [-0.25, -0.2) is 4.99 Å². The molecule has 0 atom stereocenters. The van der Waals surface area contributed by atoms with Crippen LogP contribution in [0.1, 0.15) is 19.5 Å². The number of rotatable bonds is 8. The highest BCUT2D eigenvalue weighted by Gasteiger charge is 2.08. The summed E-state index contributed by atoms with van der Waals surface area (Å²) in [7, 11) is 1.85. The summed E-state index contributed by atoms with van der Waals surface area (Å²) in [6, 6.07) is 9.07. The predicted molar refractivity (Wildman–Crippen MR) is 114 cm³/mol. The Morgan fingerprint density at radius 2 is 2.04 bits per heavy atom. The highest BCUT2D eigenvalue weighted by atomic mass is 35.5. The average molecular weight is 426 g/mol. The molecule has 3 N–H and O–H groups in total. The van der Waals surface area contributed by atoms with Crippen molar-refractivity contribution in [2.45, 2.75) is 20.4 Å². The number of halogens is 2. The molecule has 0 bridgehead atoms. The van der Waals surface area contributed by atoms with E-state index in [4.69, 9.17) is 27.9 Å². The van der Waals surface area contributed by atoms with E-state index in [1.165, 1.54) is 6.92 Å². The molecular formula is C19H25Cl2N5O2. The van der Waals surface area contributed by atoms with E-state index in [-0.39, 0.29) is 5.91 Å². The van der Waals surface area contributed by atoms with Gasteiger partial charge in [-0.15, -0.1) is 0 Å². The van der Waals surface area contributed by atoms with Gasteiger partial charge in [-0.2, -0.15) is 0 Å². The molecule has 7 nitrogen and oxygen atoms in total. The average Bonchev–Trinajstić information content (AvgIpc) is 2.89. The molecule has 2 rings (SSSR count). The summed E-state index contributed by atoms with van der Waals surface area (Å²) in [6.45, 7) is 5.65. The number of carbonyl (C=O) groups excluding carboxylic acids is 1. The van der Waals surface area contributed by atoms with Gasteiger partial charge >= 0.3 is 0 Å². The van der Waals surface area contributed by atoms with E-state index in [2.05, 4.69) is 20.9 Å². The lowest BCUT2D eigenvalue weighted by Crippen LogP contribution is -2.39. The molecule has 1 aromatic carbocycles.